The fourth-order valence-electron chi connectivity index (χ4n) is 2.47. The Bertz CT molecular complexity index is 1000. The fraction of sp³-hybridized carbons (Fsp3) is 0.333. The number of nitrogens with one attached hydrogen (secondary N) is 1. The van der Waals surface area contributed by atoms with Gasteiger partial charge in [-0.05, 0) is 37.6 Å². The number of esters is 1. The van der Waals surface area contributed by atoms with Gasteiger partial charge in [0.15, 0.2) is 0 Å². The van der Waals surface area contributed by atoms with E-state index in [4.69, 9.17) is 16.3 Å². The van der Waals surface area contributed by atoms with Crippen molar-refractivity contribution in [1.29, 1.82) is 0 Å². The zero-order valence-electron chi connectivity index (χ0n) is 16.0. The van der Waals surface area contributed by atoms with Gasteiger partial charge in [-0.25, -0.2) is 13.2 Å². The van der Waals surface area contributed by atoms with Crippen LogP contribution in [-0.4, -0.2) is 49.4 Å². The molecule has 28 heavy (non-hydrogen) atoms. The van der Waals surface area contributed by atoms with Crippen molar-refractivity contribution in [2.24, 2.45) is 7.05 Å². The van der Waals surface area contributed by atoms with Crippen LogP contribution in [0.2, 0.25) is 5.02 Å². The van der Waals surface area contributed by atoms with Gasteiger partial charge in [0.1, 0.15) is 10.6 Å². The number of halogens is 1. The van der Waals surface area contributed by atoms with Crippen molar-refractivity contribution < 1.29 is 22.7 Å². The van der Waals surface area contributed by atoms with Crippen LogP contribution in [0.5, 0.6) is 0 Å². The summed E-state index contributed by atoms with van der Waals surface area (Å²) in [5.41, 5.74) is 1.41. The van der Waals surface area contributed by atoms with Crippen LogP contribution in [0.15, 0.2) is 35.4 Å². The van der Waals surface area contributed by atoms with Gasteiger partial charge in [-0.1, -0.05) is 17.7 Å². The number of aromatic nitrogens is 1. The van der Waals surface area contributed by atoms with E-state index in [0.717, 1.165) is 9.87 Å². The summed E-state index contributed by atoms with van der Waals surface area (Å²) in [5.74, 6) is -1.14. The zero-order valence-corrected chi connectivity index (χ0v) is 17.6. The molecule has 0 aliphatic carbocycles. The second kappa shape index (κ2) is 8.76. The number of carbonyl (C=O) groups is 2. The van der Waals surface area contributed by atoms with Gasteiger partial charge in [0.05, 0.1) is 13.2 Å². The Labute approximate surface area is 169 Å². The third-order valence-electron chi connectivity index (χ3n) is 4.01. The number of rotatable bonds is 7. The number of sulfonamides is 1. The van der Waals surface area contributed by atoms with Crippen molar-refractivity contribution in [3.63, 3.8) is 0 Å². The van der Waals surface area contributed by atoms with E-state index < -0.39 is 28.4 Å². The molecule has 0 aliphatic heterocycles. The largest absolute Gasteiger partial charge is 0.461 e. The zero-order chi connectivity index (χ0) is 21.1. The third kappa shape index (κ3) is 4.92. The number of amides is 1. The normalized spacial score (nSPS) is 11.5. The highest BCUT2D eigenvalue weighted by Crippen LogP contribution is 2.21. The van der Waals surface area contributed by atoms with E-state index in [0.29, 0.717) is 10.7 Å². The van der Waals surface area contributed by atoms with Crippen LogP contribution in [0.3, 0.4) is 0 Å². The molecule has 1 N–H and O–H groups in total. The second-order valence-electron chi connectivity index (χ2n) is 6.16. The summed E-state index contributed by atoms with van der Waals surface area (Å²) in [7, 11) is -1.15. The molecule has 0 aliphatic rings. The molecule has 8 nitrogen and oxygen atoms in total. The van der Waals surface area contributed by atoms with Crippen LogP contribution in [0.25, 0.3) is 0 Å². The summed E-state index contributed by atoms with van der Waals surface area (Å²) in [6.07, 6.45) is 1.30. The Morgan fingerprint density at radius 2 is 1.96 bits per heavy atom. The average molecular weight is 428 g/mol. The van der Waals surface area contributed by atoms with Gasteiger partial charge in [0.2, 0.25) is 15.9 Å². The standard InChI is InChI=1S/C18H22ClN3O5S/c1-5-27-18(24)16-9-14(10-21(16)3)28(25,26)22(4)11-17(23)20-15-8-13(19)7-6-12(15)2/h6-10H,5,11H2,1-4H3,(H,20,23). The molecule has 152 valence electrons. The van der Waals surface area contributed by atoms with Crippen molar-refractivity contribution in [2.45, 2.75) is 18.7 Å². The Morgan fingerprint density at radius 1 is 1.29 bits per heavy atom. The number of ether oxygens (including phenoxy) is 1. The molecule has 1 amide bonds. The smallest absolute Gasteiger partial charge is 0.354 e. The first-order chi connectivity index (χ1) is 13.1. The van der Waals surface area contributed by atoms with Gasteiger partial charge >= 0.3 is 5.97 Å². The number of nitrogens with zero attached hydrogens (tertiary/aromatic N) is 2. The topological polar surface area (TPSA) is 97.7 Å². The van der Waals surface area contributed by atoms with Gasteiger partial charge in [-0.2, -0.15) is 4.31 Å². The Morgan fingerprint density at radius 3 is 2.61 bits per heavy atom. The molecule has 10 heteroatoms. The van der Waals surface area contributed by atoms with Crippen molar-refractivity contribution in [3.05, 3.63) is 46.7 Å². The van der Waals surface area contributed by atoms with Crippen LogP contribution in [-0.2, 0) is 26.6 Å². The lowest BCUT2D eigenvalue weighted by molar-refractivity contribution is -0.116. The molecule has 2 aromatic rings. The molecular weight excluding hydrogens is 406 g/mol. The monoisotopic (exact) mass is 427 g/mol. The molecule has 0 saturated heterocycles. The predicted octanol–water partition coefficient (Wildman–Crippen LogP) is 2.42. The van der Waals surface area contributed by atoms with Gasteiger partial charge in [-0.15, -0.1) is 0 Å². The first-order valence-corrected chi connectivity index (χ1v) is 10.2. The highest BCUT2D eigenvalue weighted by molar-refractivity contribution is 7.89. The number of hydrogen-bond acceptors (Lipinski definition) is 5. The molecule has 0 saturated carbocycles. The molecule has 0 unspecified atom stereocenters. The SMILES string of the molecule is CCOC(=O)c1cc(S(=O)(=O)N(C)CC(=O)Nc2cc(Cl)ccc2C)cn1C. The van der Waals surface area contributed by atoms with Gasteiger partial charge in [-0.3, -0.25) is 4.79 Å². The maximum atomic E-state index is 12.7. The molecule has 0 radical (unpaired) electrons. The maximum Gasteiger partial charge on any atom is 0.354 e. The molecule has 0 bridgehead atoms. The van der Waals surface area contributed by atoms with E-state index in [1.165, 1.54) is 23.9 Å². The van der Waals surface area contributed by atoms with Gasteiger partial charge in [0.25, 0.3) is 0 Å². The number of likely N-dealkylation sites (N-methyl/N-ethyl adjacent to an activating group) is 1. The number of anilines is 1. The quantitative estimate of drug-likeness (QED) is 0.684. The summed E-state index contributed by atoms with van der Waals surface area (Å²) < 4.78 is 32.7. The third-order valence-corrected chi connectivity index (χ3v) is 6.02. The van der Waals surface area contributed by atoms with Crippen LogP contribution in [0, 0.1) is 6.92 Å². The molecule has 0 fully saturated rings. The van der Waals surface area contributed by atoms with Crippen LogP contribution < -0.4 is 5.32 Å². The minimum absolute atomic E-state index is 0.104. The second-order valence-corrected chi connectivity index (χ2v) is 8.64. The van der Waals surface area contributed by atoms with Crippen molar-refractivity contribution >= 4 is 39.2 Å². The van der Waals surface area contributed by atoms with Crippen molar-refractivity contribution in [2.75, 3.05) is 25.5 Å². The minimum Gasteiger partial charge on any atom is -0.461 e. The molecule has 0 spiro atoms. The highest BCUT2D eigenvalue weighted by Gasteiger charge is 2.26. The fourth-order valence-corrected chi connectivity index (χ4v) is 3.84. The van der Waals surface area contributed by atoms with Gasteiger partial charge < -0.3 is 14.6 Å². The van der Waals surface area contributed by atoms with Crippen molar-refractivity contribution in [1.82, 2.24) is 8.87 Å². The molecule has 1 heterocycles. The summed E-state index contributed by atoms with van der Waals surface area (Å²) in [5, 5.41) is 3.10. The lowest BCUT2D eigenvalue weighted by Crippen LogP contribution is -2.35. The molecule has 1 aromatic carbocycles. The molecule has 1 aromatic heterocycles. The summed E-state index contributed by atoms with van der Waals surface area (Å²) in [4.78, 5) is 24.1. The number of aryl methyl sites for hydroxylation is 2. The lowest BCUT2D eigenvalue weighted by Gasteiger charge is -2.16. The highest BCUT2D eigenvalue weighted by atomic mass is 35.5. The number of benzene rings is 1. The summed E-state index contributed by atoms with van der Waals surface area (Å²) in [6, 6.07) is 6.26. The van der Waals surface area contributed by atoms with E-state index >= 15 is 0 Å². The number of hydrogen-bond donors (Lipinski definition) is 1. The van der Waals surface area contributed by atoms with Crippen LogP contribution >= 0.6 is 11.6 Å². The van der Waals surface area contributed by atoms with Gasteiger partial charge in [0, 0.05) is 31.0 Å². The summed E-state index contributed by atoms with van der Waals surface area (Å²) >= 11 is 5.93. The number of carbonyl (C=O) groups excluding carboxylic acids is 2. The Kier molecular flexibility index (Phi) is 6.87. The van der Waals surface area contributed by atoms with E-state index in [2.05, 4.69) is 5.32 Å². The maximum absolute atomic E-state index is 12.7. The Hall–Kier alpha value is -2.36. The van der Waals surface area contributed by atoms with E-state index in [-0.39, 0.29) is 17.2 Å². The molecular formula is C18H22ClN3O5S. The first kappa shape index (κ1) is 21.9. The Balaban J connectivity index is 2.15. The van der Waals surface area contributed by atoms with Crippen molar-refractivity contribution in [3.8, 4) is 0 Å². The van der Waals surface area contributed by atoms with Crippen LogP contribution in [0.1, 0.15) is 23.0 Å². The van der Waals surface area contributed by atoms with E-state index in [1.807, 2.05) is 0 Å². The predicted molar refractivity (Wildman–Crippen MR) is 106 cm³/mol. The lowest BCUT2D eigenvalue weighted by atomic mass is 10.2. The first-order valence-electron chi connectivity index (χ1n) is 8.42. The van der Waals surface area contributed by atoms with E-state index in [9.17, 15) is 18.0 Å². The average Bonchev–Trinajstić information content (AvgIpc) is 3.01. The molecule has 2 rings (SSSR count). The van der Waals surface area contributed by atoms with E-state index in [1.54, 1.807) is 39.1 Å². The van der Waals surface area contributed by atoms with Crippen LogP contribution in [0.4, 0.5) is 5.69 Å². The summed E-state index contributed by atoms with van der Waals surface area (Å²) in [6.45, 7) is 3.23. The molecule has 0 atom stereocenters. The minimum atomic E-state index is -3.98.